The monoisotopic (exact) mass is 369 g/mol. The lowest BCUT2D eigenvalue weighted by atomic mass is 10.3. The summed E-state index contributed by atoms with van der Waals surface area (Å²) in [6, 6.07) is 11.2. The van der Waals surface area contributed by atoms with Gasteiger partial charge < -0.3 is 16.8 Å². The Labute approximate surface area is 155 Å². The van der Waals surface area contributed by atoms with Crippen LogP contribution in [-0.4, -0.2) is 31.4 Å². The molecule has 0 saturated carbocycles. The maximum absolute atomic E-state index is 12.3. The molecule has 26 heavy (non-hydrogen) atoms. The summed E-state index contributed by atoms with van der Waals surface area (Å²) in [6.07, 6.45) is 0. The Morgan fingerprint density at radius 3 is 2.46 bits per heavy atom. The van der Waals surface area contributed by atoms with E-state index in [1.807, 2.05) is 44.2 Å². The number of aryl methyl sites for hydroxylation is 1. The Morgan fingerprint density at radius 2 is 1.81 bits per heavy atom. The van der Waals surface area contributed by atoms with Gasteiger partial charge in [-0.15, -0.1) is 0 Å². The van der Waals surface area contributed by atoms with Gasteiger partial charge in [0, 0.05) is 6.07 Å². The molecule has 3 rings (SSSR count). The third-order valence-corrected chi connectivity index (χ3v) is 4.48. The fourth-order valence-corrected chi connectivity index (χ4v) is 3.15. The van der Waals surface area contributed by atoms with E-state index in [2.05, 4.69) is 20.4 Å². The maximum atomic E-state index is 12.3. The number of aromatic nitrogens is 4. The van der Waals surface area contributed by atoms with Crippen LogP contribution in [0.1, 0.15) is 11.4 Å². The minimum Gasteiger partial charge on any atom is -0.383 e. The number of amides is 1. The zero-order valence-corrected chi connectivity index (χ0v) is 15.2. The molecule has 9 heteroatoms. The molecule has 3 aromatic rings. The van der Waals surface area contributed by atoms with Gasteiger partial charge in [-0.1, -0.05) is 30.0 Å². The number of carbonyl (C=O) groups excluding carboxylic acids is 1. The number of hydrogen-bond donors (Lipinski definition) is 3. The smallest absolute Gasteiger partial charge is 0.234 e. The number of nitrogens with two attached hydrogens (primary N) is 2. The Hall–Kier alpha value is -3.07. The van der Waals surface area contributed by atoms with Crippen LogP contribution in [0.3, 0.4) is 0 Å². The molecule has 0 spiro atoms. The van der Waals surface area contributed by atoms with Crippen LogP contribution in [0, 0.1) is 13.8 Å². The van der Waals surface area contributed by atoms with E-state index < -0.39 is 0 Å². The van der Waals surface area contributed by atoms with Crippen molar-refractivity contribution >= 4 is 35.0 Å². The highest BCUT2D eigenvalue weighted by atomic mass is 32.2. The molecule has 0 aliphatic rings. The van der Waals surface area contributed by atoms with Crippen LogP contribution in [0.4, 0.5) is 17.3 Å². The maximum Gasteiger partial charge on any atom is 0.234 e. The van der Waals surface area contributed by atoms with Crippen LogP contribution >= 0.6 is 11.8 Å². The summed E-state index contributed by atoms with van der Waals surface area (Å²) in [5.74, 6) is 0.504. The summed E-state index contributed by atoms with van der Waals surface area (Å²) in [6.45, 7) is 3.77. The lowest BCUT2D eigenvalue weighted by Gasteiger charge is -2.07. The second-order valence-electron chi connectivity index (χ2n) is 5.63. The number of nitrogen functional groups attached to an aromatic ring is 2. The van der Waals surface area contributed by atoms with Crippen molar-refractivity contribution in [1.29, 1.82) is 0 Å². The number of rotatable bonds is 5. The first-order valence-electron chi connectivity index (χ1n) is 7.88. The molecule has 0 unspecified atom stereocenters. The number of nitrogens with zero attached hydrogens (tertiary/aromatic N) is 4. The number of carbonyl (C=O) groups is 1. The van der Waals surface area contributed by atoms with Crippen molar-refractivity contribution in [3.8, 4) is 5.69 Å². The third-order valence-electron chi connectivity index (χ3n) is 3.63. The van der Waals surface area contributed by atoms with E-state index >= 15 is 0 Å². The quantitative estimate of drug-likeness (QED) is 0.465. The summed E-state index contributed by atoms with van der Waals surface area (Å²) in [7, 11) is 0. The SMILES string of the molecule is Cc1nn(-c2ccccc2)c(C)c1NC(=O)CSc1nc(N)cc(N)n1. The van der Waals surface area contributed by atoms with Gasteiger partial charge >= 0.3 is 0 Å². The van der Waals surface area contributed by atoms with Crippen LogP contribution < -0.4 is 16.8 Å². The average molecular weight is 369 g/mol. The number of para-hydroxylation sites is 1. The number of anilines is 3. The fourth-order valence-electron chi connectivity index (χ4n) is 2.48. The second-order valence-corrected chi connectivity index (χ2v) is 6.57. The van der Waals surface area contributed by atoms with Crippen molar-refractivity contribution in [2.24, 2.45) is 0 Å². The van der Waals surface area contributed by atoms with E-state index in [1.54, 1.807) is 4.68 Å². The van der Waals surface area contributed by atoms with E-state index in [0.717, 1.165) is 17.1 Å². The van der Waals surface area contributed by atoms with Crippen LogP contribution in [0.15, 0.2) is 41.6 Å². The van der Waals surface area contributed by atoms with Gasteiger partial charge in [0.05, 0.1) is 28.5 Å². The molecule has 1 aromatic carbocycles. The molecule has 2 heterocycles. The van der Waals surface area contributed by atoms with E-state index in [0.29, 0.717) is 10.8 Å². The highest BCUT2D eigenvalue weighted by Gasteiger charge is 2.15. The molecule has 0 atom stereocenters. The highest BCUT2D eigenvalue weighted by Crippen LogP contribution is 2.23. The summed E-state index contributed by atoms with van der Waals surface area (Å²) in [4.78, 5) is 20.4. The number of nitrogens with one attached hydrogen (secondary N) is 1. The first kappa shape index (κ1) is 17.7. The number of thioether (sulfide) groups is 1. The molecular weight excluding hydrogens is 350 g/mol. The predicted molar refractivity (Wildman–Crippen MR) is 103 cm³/mol. The third kappa shape index (κ3) is 3.94. The van der Waals surface area contributed by atoms with E-state index in [1.165, 1.54) is 17.8 Å². The topological polar surface area (TPSA) is 125 Å². The van der Waals surface area contributed by atoms with Crippen molar-refractivity contribution in [3.63, 3.8) is 0 Å². The fraction of sp³-hybridized carbons (Fsp3) is 0.176. The molecule has 0 radical (unpaired) electrons. The molecule has 5 N–H and O–H groups in total. The Bertz CT molecular complexity index is 920. The molecule has 0 saturated heterocycles. The van der Waals surface area contributed by atoms with Crippen LogP contribution in [-0.2, 0) is 4.79 Å². The highest BCUT2D eigenvalue weighted by molar-refractivity contribution is 7.99. The van der Waals surface area contributed by atoms with Gasteiger partial charge in [0.2, 0.25) is 5.91 Å². The molecule has 0 aliphatic carbocycles. The second kappa shape index (κ2) is 7.44. The van der Waals surface area contributed by atoms with Crippen molar-refractivity contribution in [1.82, 2.24) is 19.7 Å². The molecule has 1 amide bonds. The van der Waals surface area contributed by atoms with Gasteiger partial charge in [0.15, 0.2) is 5.16 Å². The zero-order chi connectivity index (χ0) is 18.7. The lowest BCUT2D eigenvalue weighted by molar-refractivity contribution is -0.113. The van der Waals surface area contributed by atoms with Crippen LogP contribution in [0.25, 0.3) is 5.69 Å². The van der Waals surface area contributed by atoms with Crippen LogP contribution in [0.5, 0.6) is 0 Å². The summed E-state index contributed by atoms with van der Waals surface area (Å²) in [5.41, 5.74) is 14.5. The summed E-state index contributed by atoms with van der Waals surface area (Å²) < 4.78 is 1.81. The molecule has 0 fully saturated rings. The van der Waals surface area contributed by atoms with E-state index in [-0.39, 0.29) is 23.3 Å². The largest absolute Gasteiger partial charge is 0.383 e. The summed E-state index contributed by atoms with van der Waals surface area (Å²) in [5, 5.41) is 7.79. The lowest BCUT2D eigenvalue weighted by Crippen LogP contribution is -2.15. The van der Waals surface area contributed by atoms with Gasteiger partial charge in [-0.05, 0) is 26.0 Å². The Morgan fingerprint density at radius 1 is 1.15 bits per heavy atom. The molecule has 8 nitrogen and oxygen atoms in total. The predicted octanol–water partition coefficient (Wildman–Crippen LogP) is 2.17. The molecule has 134 valence electrons. The van der Waals surface area contributed by atoms with Gasteiger partial charge in [-0.25, -0.2) is 14.6 Å². The first-order valence-corrected chi connectivity index (χ1v) is 8.87. The zero-order valence-electron chi connectivity index (χ0n) is 14.4. The van der Waals surface area contributed by atoms with Crippen molar-refractivity contribution in [2.45, 2.75) is 19.0 Å². The van der Waals surface area contributed by atoms with Gasteiger partial charge in [0.1, 0.15) is 11.6 Å². The minimum absolute atomic E-state index is 0.137. The van der Waals surface area contributed by atoms with Gasteiger partial charge in [-0.2, -0.15) is 5.10 Å². The number of benzene rings is 1. The first-order chi connectivity index (χ1) is 12.4. The number of hydrogen-bond acceptors (Lipinski definition) is 7. The average Bonchev–Trinajstić information content (AvgIpc) is 2.88. The molecule has 0 bridgehead atoms. The van der Waals surface area contributed by atoms with Crippen molar-refractivity contribution in [3.05, 3.63) is 47.8 Å². The Kier molecular flexibility index (Phi) is 5.08. The van der Waals surface area contributed by atoms with Crippen LogP contribution in [0.2, 0.25) is 0 Å². The minimum atomic E-state index is -0.182. The van der Waals surface area contributed by atoms with Gasteiger partial charge in [0.25, 0.3) is 0 Å². The molecule has 0 aliphatic heterocycles. The van der Waals surface area contributed by atoms with Crippen molar-refractivity contribution in [2.75, 3.05) is 22.5 Å². The van der Waals surface area contributed by atoms with E-state index in [9.17, 15) is 4.79 Å². The van der Waals surface area contributed by atoms with E-state index in [4.69, 9.17) is 11.5 Å². The summed E-state index contributed by atoms with van der Waals surface area (Å²) >= 11 is 1.17. The Balaban J connectivity index is 1.71. The van der Waals surface area contributed by atoms with Gasteiger partial charge in [-0.3, -0.25) is 4.79 Å². The molecular formula is C17H19N7OS. The normalized spacial score (nSPS) is 10.7. The van der Waals surface area contributed by atoms with Crippen molar-refractivity contribution < 1.29 is 4.79 Å². The molecule has 2 aromatic heterocycles. The standard InChI is InChI=1S/C17H19N7OS/c1-10-16(11(2)24(23-10)12-6-4-3-5-7-12)22-15(25)9-26-17-20-13(18)8-14(19)21-17/h3-8H,9H2,1-2H3,(H,22,25)(H4,18,19,20,21).